The van der Waals surface area contributed by atoms with Gasteiger partial charge in [-0.05, 0) is 18.1 Å². The summed E-state index contributed by atoms with van der Waals surface area (Å²) >= 11 is 4.86. The summed E-state index contributed by atoms with van der Waals surface area (Å²) in [4.78, 5) is 9.89. The second-order valence-corrected chi connectivity index (χ2v) is 4.24. The first kappa shape index (κ1) is 14.2. The van der Waals surface area contributed by atoms with E-state index in [-0.39, 0.29) is 5.75 Å². The number of benzene rings is 1. The van der Waals surface area contributed by atoms with Gasteiger partial charge in [0.15, 0.2) is 5.52 Å². The monoisotopic (exact) mass is 271 g/mol. The fraction of sp³-hybridized carbons (Fsp3) is 0.364. The molecule has 0 atom stereocenters. The van der Waals surface area contributed by atoms with Gasteiger partial charge < -0.3 is 9.84 Å². The number of halogens is 1. The van der Waals surface area contributed by atoms with Gasteiger partial charge in [0.25, 0.3) is 0 Å². The molecule has 6 nitrogen and oxygen atoms in total. The van der Waals surface area contributed by atoms with Gasteiger partial charge in [-0.25, -0.2) is 4.79 Å². The van der Waals surface area contributed by atoms with E-state index in [1.54, 1.807) is 18.2 Å². The van der Waals surface area contributed by atoms with Gasteiger partial charge >= 0.3 is 5.43 Å². The summed E-state index contributed by atoms with van der Waals surface area (Å²) in [6, 6.07) is 5.11. The third kappa shape index (κ3) is 4.58. The lowest BCUT2D eigenvalue weighted by molar-refractivity contribution is 0.159. The number of aromatic nitrogens is 3. The van der Waals surface area contributed by atoms with Crippen LogP contribution in [0.3, 0.4) is 0 Å². The van der Waals surface area contributed by atoms with Gasteiger partial charge in [0.2, 0.25) is 0 Å². The van der Waals surface area contributed by atoms with Crippen molar-refractivity contribution in [3.05, 3.63) is 18.2 Å². The predicted molar refractivity (Wildman–Crippen MR) is 67.6 cm³/mol. The second-order valence-electron chi connectivity index (χ2n) is 3.93. The molecule has 7 heteroatoms. The normalized spacial score (nSPS) is 10.0. The fourth-order valence-electron chi connectivity index (χ4n) is 1.09. The summed E-state index contributed by atoms with van der Waals surface area (Å²) in [6.45, 7) is 4.29. The van der Waals surface area contributed by atoms with Crippen molar-refractivity contribution in [3.8, 4) is 5.75 Å². The number of phenolic OH excluding ortho intramolecular Hbond substituents is 1. The van der Waals surface area contributed by atoms with Gasteiger partial charge in [0.1, 0.15) is 5.75 Å². The highest BCUT2D eigenvalue weighted by atomic mass is 35.5. The van der Waals surface area contributed by atoms with Gasteiger partial charge in [-0.1, -0.05) is 25.1 Å². The first-order chi connectivity index (χ1) is 8.50. The summed E-state index contributed by atoms with van der Waals surface area (Å²) in [7, 11) is 0. The molecule has 0 fully saturated rings. The van der Waals surface area contributed by atoms with Crippen LogP contribution in [-0.2, 0) is 4.74 Å². The maximum atomic E-state index is 9.89. The molecule has 0 spiro atoms. The molecular formula is C11H14ClN3O3. The van der Waals surface area contributed by atoms with Crippen molar-refractivity contribution in [2.75, 3.05) is 6.61 Å². The molecule has 1 aromatic heterocycles. The Bertz CT molecular complexity index is 513. The van der Waals surface area contributed by atoms with E-state index in [0.29, 0.717) is 18.0 Å². The third-order valence-electron chi connectivity index (χ3n) is 1.87. The van der Waals surface area contributed by atoms with Gasteiger partial charge in [0.05, 0.1) is 12.1 Å². The molecule has 0 aliphatic rings. The topological polar surface area (TPSA) is 88.1 Å². The molecule has 0 aliphatic carbocycles. The van der Waals surface area contributed by atoms with Gasteiger partial charge in [0, 0.05) is 11.6 Å². The Balaban J connectivity index is 0.000000187. The predicted octanol–water partition coefficient (Wildman–Crippen LogP) is 2.68. The molecule has 1 heterocycles. The number of fused-ring (bicyclic) bond motifs is 1. The van der Waals surface area contributed by atoms with Crippen molar-refractivity contribution < 1.29 is 14.6 Å². The zero-order chi connectivity index (χ0) is 13.5. The molecule has 0 bridgehead atoms. The van der Waals surface area contributed by atoms with Crippen molar-refractivity contribution in [1.82, 2.24) is 15.4 Å². The van der Waals surface area contributed by atoms with E-state index in [9.17, 15) is 4.79 Å². The molecule has 0 unspecified atom stereocenters. The number of nitrogens with zero attached hydrogens (tertiary/aromatic N) is 2. The van der Waals surface area contributed by atoms with Crippen LogP contribution in [0.2, 0.25) is 0 Å². The van der Waals surface area contributed by atoms with Crippen LogP contribution in [0.5, 0.6) is 5.75 Å². The summed E-state index contributed by atoms with van der Waals surface area (Å²) in [5.74, 6) is 0.518. The molecule has 18 heavy (non-hydrogen) atoms. The number of carbonyl (C=O) groups excluding carboxylic acids is 1. The van der Waals surface area contributed by atoms with Crippen molar-refractivity contribution in [1.29, 1.82) is 0 Å². The van der Waals surface area contributed by atoms with Crippen LogP contribution < -0.4 is 0 Å². The number of nitrogens with one attached hydrogen (secondary N) is 1. The van der Waals surface area contributed by atoms with Gasteiger partial charge in [-0.15, -0.1) is 5.10 Å². The second kappa shape index (κ2) is 6.80. The van der Waals surface area contributed by atoms with Gasteiger partial charge in [-0.2, -0.15) is 0 Å². The first-order valence-corrected chi connectivity index (χ1v) is 5.69. The number of H-pyrrole nitrogens is 1. The number of hydrogen-bond acceptors (Lipinski definition) is 5. The molecule has 0 saturated carbocycles. The third-order valence-corrected chi connectivity index (χ3v) is 1.97. The number of rotatable bonds is 2. The van der Waals surface area contributed by atoms with Crippen LogP contribution in [0.1, 0.15) is 13.8 Å². The van der Waals surface area contributed by atoms with Crippen molar-refractivity contribution in [2.24, 2.45) is 5.92 Å². The van der Waals surface area contributed by atoms with Crippen molar-refractivity contribution in [3.63, 3.8) is 0 Å². The van der Waals surface area contributed by atoms with Crippen LogP contribution in [-0.4, -0.2) is 32.6 Å². The van der Waals surface area contributed by atoms with E-state index in [1.165, 1.54) is 0 Å². The van der Waals surface area contributed by atoms with E-state index in [2.05, 4.69) is 20.1 Å². The lowest BCUT2D eigenvalue weighted by atomic mass is 10.2. The number of ether oxygens (including phenoxy) is 1. The van der Waals surface area contributed by atoms with Crippen LogP contribution in [0.25, 0.3) is 11.0 Å². The Morgan fingerprint density at radius 3 is 2.78 bits per heavy atom. The summed E-state index contributed by atoms with van der Waals surface area (Å²) in [5.41, 5.74) is 0.543. The molecular weight excluding hydrogens is 258 g/mol. The molecule has 2 rings (SSSR count). The highest BCUT2D eigenvalue weighted by molar-refractivity contribution is 6.61. The van der Waals surface area contributed by atoms with E-state index >= 15 is 0 Å². The minimum Gasteiger partial charge on any atom is -0.506 e. The van der Waals surface area contributed by atoms with E-state index in [4.69, 9.17) is 16.7 Å². The molecule has 0 aliphatic heterocycles. The van der Waals surface area contributed by atoms with Gasteiger partial charge in [-0.3, -0.25) is 5.10 Å². The maximum Gasteiger partial charge on any atom is 0.403 e. The van der Waals surface area contributed by atoms with Crippen molar-refractivity contribution in [2.45, 2.75) is 13.8 Å². The van der Waals surface area contributed by atoms with Crippen molar-refractivity contribution >= 4 is 28.1 Å². The smallest absolute Gasteiger partial charge is 0.403 e. The zero-order valence-corrected chi connectivity index (χ0v) is 10.8. The zero-order valence-electron chi connectivity index (χ0n) is 10.1. The number of aromatic hydroxyl groups is 1. The Morgan fingerprint density at radius 1 is 1.56 bits per heavy atom. The molecule has 1 aromatic carbocycles. The van der Waals surface area contributed by atoms with Crippen LogP contribution in [0, 0.1) is 5.92 Å². The number of carbonyl (C=O) groups is 1. The average molecular weight is 272 g/mol. The Labute approximate surface area is 109 Å². The molecule has 0 amide bonds. The largest absolute Gasteiger partial charge is 0.506 e. The van der Waals surface area contributed by atoms with E-state index < -0.39 is 5.43 Å². The Morgan fingerprint density at radius 2 is 2.28 bits per heavy atom. The minimum atomic E-state index is -0.723. The Hall–Kier alpha value is -1.82. The molecule has 98 valence electrons. The highest BCUT2D eigenvalue weighted by Gasteiger charge is 1.99. The molecule has 0 saturated heterocycles. The summed E-state index contributed by atoms with van der Waals surface area (Å²) in [5, 5.41) is 19.0. The maximum absolute atomic E-state index is 9.89. The summed E-state index contributed by atoms with van der Waals surface area (Å²) in [6.07, 6.45) is 0. The minimum absolute atomic E-state index is 0.159. The van der Waals surface area contributed by atoms with Crippen LogP contribution in [0.15, 0.2) is 18.2 Å². The number of phenols is 1. The van der Waals surface area contributed by atoms with E-state index in [0.717, 1.165) is 5.52 Å². The SMILES string of the molecule is CC(C)COC(=O)Cl.Oc1cccc2[nH]nnc12. The summed E-state index contributed by atoms with van der Waals surface area (Å²) < 4.78 is 4.43. The number of hydrogen-bond donors (Lipinski definition) is 2. The number of aromatic amines is 1. The molecule has 2 N–H and O–H groups in total. The van der Waals surface area contributed by atoms with Crippen LogP contribution >= 0.6 is 11.6 Å². The molecule has 2 aromatic rings. The highest BCUT2D eigenvalue weighted by Crippen LogP contribution is 2.18. The quantitative estimate of drug-likeness (QED) is 0.820. The lowest BCUT2D eigenvalue weighted by Crippen LogP contribution is -2.02. The average Bonchev–Trinajstić information content (AvgIpc) is 2.77. The van der Waals surface area contributed by atoms with Crippen LogP contribution in [0.4, 0.5) is 4.79 Å². The fourth-order valence-corrected chi connectivity index (χ4v) is 1.15. The first-order valence-electron chi connectivity index (χ1n) is 5.31. The van der Waals surface area contributed by atoms with E-state index in [1.807, 2.05) is 13.8 Å². The molecule has 0 radical (unpaired) electrons. The standard InChI is InChI=1S/C6H5N3O.C5H9ClO2/c10-5-3-1-2-4-6(5)8-9-7-4;1-4(2)3-8-5(6)7/h1-3,10H,(H,7,8,9);4H,3H2,1-2H3. The lowest BCUT2D eigenvalue weighted by Gasteiger charge is -2.00. The Kier molecular flexibility index (Phi) is 5.38.